The minimum atomic E-state index is -0.583. The van der Waals surface area contributed by atoms with Crippen LogP contribution in [0.5, 0.6) is 0 Å². The number of fused-ring (bicyclic) bond motifs is 1. The van der Waals surface area contributed by atoms with Crippen LogP contribution >= 0.6 is 0 Å². The SMILES string of the molecule is C[C@H](COC(=O)C=N)Cc1c[nH]c2ccccc12. The zero-order chi connectivity index (χ0) is 13.0. The molecular formula is C14H16N2O2. The summed E-state index contributed by atoms with van der Waals surface area (Å²) in [5.41, 5.74) is 2.35. The van der Waals surface area contributed by atoms with Gasteiger partial charge in [-0.2, -0.15) is 0 Å². The number of carbonyl (C=O) groups excluding carboxylic acids is 1. The van der Waals surface area contributed by atoms with Crippen LogP contribution in [0.25, 0.3) is 10.9 Å². The molecule has 1 heterocycles. The summed E-state index contributed by atoms with van der Waals surface area (Å²) < 4.78 is 4.92. The van der Waals surface area contributed by atoms with E-state index in [9.17, 15) is 4.79 Å². The number of esters is 1. The molecular weight excluding hydrogens is 228 g/mol. The molecule has 0 radical (unpaired) electrons. The van der Waals surface area contributed by atoms with E-state index in [-0.39, 0.29) is 5.92 Å². The predicted molar refractivity (Wildman–Crippen MR) is 70.9 cm³/mol. The highest BCUT2D eigenvalue weighted by Crippen LogP contribution is 2.20. The van der Waals surface area contributed by atoms with E-state index in [0.717, 1.165) is 11.9 Å². The number of ether oxygens (including phenoxy) is 1. The lowest BCUT2D eigenvalue weighted by Gasteiger charge is -2.10. The van der Waals surface area contributed by atoms with Crippen LogP contribution in [0, 0.1) is 11.3 Å². The third-order valence-corrected chi connectivity index (χ3v) is 2.87. The molecule has 0 spiro atoms. The van der Waals surface area contributed by atoms with E-state index in [1.54, 1.807) is 0 Å². The van der Waals surface area contributed by atoms with Gasteiger partial charge in [-0.3, -0.25) is 0 Å². The average Bonchev–Trinajstić information content (AvgIpc) is 2.79. The zero-order valence-corrected chi connectivity index (χ0v) is 10.3. The van der Waals surface area contributed by atoms with E-state index in [1.165, 1.54) is 10.9 Å². The van der Waals surface area contributed by atoms with Crippen LogP contribution in [0.2, 0.25) is 0 Å². The number of para-hydroxylation sites is 1. The Morgan fingerprint density at radius 1 is 1.50 bits per heavy atom. The lowest BCUT2D eigenvalue weighted by molar-refractivity contribution is -0.136. The second-order valence-corrected chi connectivity index (χ2v) is 4.44. The molecule has 0 unspecified atom stereocenters. The van der Waals surface area contributed by atoms with Crippen LogP contribution in [-0.2, 0) is 16.0 Å². The molecule has 0 aliphatic rings. The Bertz CT molecular complexity index is 560. The molecule has 0 aliphatic carbocycles. The summed E-state index contributed by atoms with van der Waals surface area (Å²) in [6, 6.07) is 8.13. The Kier molecular flexibility index (Phi) is 3.77. The summed E-state index contributed by atoms with van der Waals surface area (Å²) in [6.07, 6.45) is 3.54. The smallest absolute Gasteiger partial charge is 0.348 e. The van der Waals surface area contributed by atoms with Gasteiger partial charge in [-0.15, -0.1) is 0 Å². The highest BCUT2D eigenvalue weighted by molar-refractivity contribution is 6.21. The van der Waals surface area contributed by atoms with Gasteiger partial charge in [0, 0.05) is 17.1 Å². The summed E-state index contributed by atoms with van der Waals surface area (Å²) in [5.74, 6) is -0.353. The molecule has 4 nitrogen and oxygen atoms in total. The van der Waals surface area contributed by atoms with Gasteiger partial charge in [0.1, 0.15) is 6.21 Å². The molecule has 4 heteroatoms. The number of hydrogen-bond acceptors (Lipinski definition) is 3. The van der Waals surface area contributed by atoms with Gasteiger partial charge in [0.25, 0.3) is 0 Å². The van der Waals surface area contributed by atoms with Crippen LogP contribution in [0.15, 0.2) is 30.5 Å². The van der Waals surface area contributed by atoms with Crippen molar-refractivity contribution in [3.8, 4) is 0 Å². The fraction of sp³-hybridized carbons (Fsp3) is 0.286. The maximum absolute atomic E-state index is 10.9. The van der Waals surface area contributed by atoms with Crippen LogP contribution in [0.1, 0.15) is 12.5 Å². The van der Waals surface area contributed by atoms with Gasteiger partial charge in [-0.25, -0.2) is 4.79 Å². The maximum Gasteiger partial charge on any atom is 0.348 e. The Balaban J connectivity index is 2.00. The average molecular weight is 244 g/mol. The lowest BCUT2D eigenvalue weighted by Crippen LogP contribution is -2.14. The number of rotatable bonds is 5. The molecule has 94 valence electrons. The number of aromatic amines is 1. The van der Waals surface area contributed by atoms with Crippen molar-refractivity contribution in [1.29, 1.82) is 5.41 Å². The molecule has 0 amide bonds. The summed E-state index contributed by atoms with van der Waals surface area (Å²) in [4.78, 5) is 14.1. The van der Waals surface area contributed by atoms with E-state index in [1.807, 2.05) is 31.3 Å². The molecule has 18 heavy (non-hydrogen) atoms. The number of carbonyl (C=O) groups is 1. The molecule has 2 aromatic rings. The normalized spacial score (nSPS) is 12.3. The first kappa shape index (κ1) is 12.4. The van der Waals surface area contributed by atoms with Crippen LogP contribution in [-0.4, -0.2) is 23.8 Å². The highest BCUT2D eigenvalue weighted by Gasteiger charge is 2.10. The Morgan fingerprint density at radius 2 is 2.28 bits per heavy atom. The first-order chi connectivity index (χ1) is 8.70. The summed E-state index contributed by atoms with van der Waals surface area (Å²) in [7, 11) is 0. The Labute approximate surface area is 105 Å². The van der Waals surface area contributed by atoms with Gasteiger partial charge in [0.05, 0.1) is 6.61 Å². The summed E-state index contributed by atoms with van der Waals surface area (Å²) in [6.45, 7) is 2.37. The van der Waals surface area contributed by atoms with E-state index in [4.69, 9.17) is 10.1 Å². The topological polar surface area (TPSA) is 65.9 Å². The number of hydrogen-bond donors (Lipinski definition) is 2. The molecule has 0 bridgehead atoms. The molecule has 0 saturated heterocycles. The lowest BCUT2D eigenvalue weighted by atomic mass is 10.0. The van der Waals surface area contributed by atoms with Gasteiger partial charge >= 0.3 is 5.97 Å². The van der Waals surface area contributed by atoms with E-state index in [0.29, 0.717) is 12.8 Å². The minimum Gasteiger partial charge on any atom is -0.461 e. The molecule has 0 aliphatic heterocycles. The van der Waals surface area contributed by atoms with Crippen molar-refractivity contribution >= 4 is 23.1 Å². The van der Waals surface area contributed by atoms with Crippen molar-refractivity contribution in [2.75, 3.05) is 6.61 Å². The maximum atomic E-state index is 10.9. The van der Waals surface area contributed by atoms with Crippen LogP contribution < -0.4 is 0 Å². The molecule has 0 saturated carbocycles. The van der Waals surface area contributed by atoms with Crippen molar-refractivity contribution in [2.24, 2.45) is 5.92 Å². The second-order valence-electron chi connectivity index (χ2n) is 4.44. The Morgan fingerprint density at radius 3 is 3.06 bits per heavy atom. The molecule has 2 rings (SSSR count). The minimum absolute atomic E-state index is 0.230. The summed E-state index contributed by atoms with van der Waals surface area (Å²) >= 11 is 0. The van der Waals surface area contributed by atoms with Crippen molar-refractivity contribution in [3.05, 3.63) is 36.0 Å². The molecule has 1 aromatic carbocycles. The second kappa shape index (κ2) is 5.49. The van der Waals surface area contributed by atoms with Gasteiger partial charge in [-0.1, -0.05) is 25.1 Å². The van der Waals surface area contributed by atoms with Gasteiger partial charge in [-0.05, 0) is 24.0 Å². The van der Waals surface area contributed by atoms with Crippen LogP contribution in [0.4, 0.5) is 0 Å². The first-order valence-corrected chi connectivity index (χ1v) is 5.93. The fourth-order valence-electron chi connectivity index (χ4n) is 2.00. The Hall–Kier alpha value is -2.10. The number of benzene rings is 1. The molecule has 1 atom stereocenters. The quantitative estimate of drug-likeness (QED) is 0.627. The summed E-state index contributed by atoms with van der Waals surface area (Å²) in [5, 5.41) is 7.96. The number of aromatic nitrogens is 1. The largest absolute Gasteiger partial charge is 0.461 e. The molecule has 2 N–H and O–H groups in total. The van der Waals surface area contributed by atoms with E-state index >= 15 is 0 Å². The zero-order valence-electron chi connectivity index (χ0n) is 10.3. The van der Waals surface area contributed by atoms with Crippen molar-refractivity contribution in [2.45, 2.75) is 13.3 Å². The van der Waals surface area contributed by atoms with Crippen molar-refractivity contribution in [3.63, 3.8) is 0 Å². The third kappa shape index (κ3) is 2.77. The predicted octanol–water partition coefficient (Wildman–Crippen LogP) is 2.54. The molecule has 0 fully saturated rings. The fourth-order valence-corrected chi connectivity index (χ4v) is 2.00. The molecule has 1 aromatic heterocycles. The first-order valence-electron chi connectivity index (χ1n) is 5.93. The third-order valence-electron chi connectivity index (χ3n) is 2.87. The van der Waals surface area contributed by atoms with Crippen molar-refractivity contribution in [1.82, 2.24) is 4.98 Å². The van der Waals surface area contributed by atoms with Gasteiger partial charge in [0.15, 0.2) is 0 Å². The van der Waals surface area contributed by atoms with Crippen molar-refractivity contribution < 1.29 is 9.53 Å². The number of nitrogens with one attached hydrogen (secondary N) is 2. The van der Waals surface area contributed by atoms with E-state index < -0.39 is 5.97 Å². The van der Waals surface area contributed by atoms with Gasteiger partial charge < -0.3 is 15.1 Å². The van der Waals surface area contributed by atoms with Crippen LogP contribution in [0.3, 0.4) is 0 Å². The van der Waals surface area contributed by atoms with Gasteiger partial charge in [0.2, 0.25) is 0 Å². The monoisotopic (exact) mass is 244 g/mol. The standard InChI is InChI=1S/C14H16N2O2/c1-10(9-18-14(17)7-15)6-11-8-16-13-5-3-2-4-12(11)13/h2-5,7-8,10,15-16H,6,9H2,1H3/t10-/m0/s1. The number of H-pyrrole nitrogens is 1. The van der Waals surface area contributed by atoms with E-state index in [2.05, 4.69) is 11.1 Å². The highest BCUT2D eigenvalue weighted by atomic mass is 16.5.